The summed E-state index contributed by atoms with van der Waals surface area (Å²) in [6.07, 6.45) is -0.763. The lowest BCUT2D eigenvalue weighted by Gasteiger charge is -2.14. The van der Waals surface area contributed by atoms with Gasteiger partial charge in [-0.05, 0) is 49.8 Å². The van der Waals surface area contributed by atoms with E-state index in [1.165, 1.54) is 6.07 Å². The van der Waals surface area contributed by atoms with Crippen LogP contribution in [0.1, 0.15) is 34.3 Å². The second-order valence-corrected chi connectivity index (χ2v) is 4.88. The molecule has 1 saturated carbocycles. The maximum Gasteiger partial charge on any atom is 0.300 e. The van der Waals surface area contributed by atoms with Gasteiger partial charge in [-0.15, -0.1) is 0 Å². The average Bonchev–Trinajstić information content (AvgIpc) is 3.09. The van der Waals surface area contributed by atoms with Crippen molar-refractivity contribution in [2.24, 2.45) is 5.92 Å². The summed E-state index contributed by atoms with van der Waals surface area (Å²) in [5, 5.41) is 0. The van der Waals surface area contributed by atoms with Gasteiger partial charge >= 0.3 is 6.43 Å². The Kier molecular flexibility index (Phi) is 3.64. The standard InChI is InChI=1S/C14H16F2O2/c1-8-5-9(2)13(18-7-10-3-4-10)11(6-8)12(17)14(15)16/h5-6,10,14H,3-4,7H2,1-2H3. The predicted molar refractivity (Wildman–Crippen MR) is 64.5 cm³/mol. The van der Waals surface area contributed by atoms with Crippen LogP contribution in [0.15, 0.2) is 12.1 Å². The molecule has 98 valence electrons. The van der Waals surface area contributed by atoms with Crippen molar-refractivity contribution in [2.75, 3.05) is 6.61 Å². The number of alkyl halides is 2. The van der Waals surface area contributed by atoms with E-state index in [4.69, 9.17) is 4.74 Å². The summed E-state index contributed by atoms with van der Waals surface area (Å²) in [5.41, 5.74) is 1.53. The SMILES string of the molecule is Cc1cc(C)c(OCC2CC2)c(C(=O)C(F)F)c1. The number of ketones is 1. The molecule has 0 heterocycles. The second kappa shape index (κ2) is 5.04. The molecule has 1 aromatic carbocycles. The summed E-state index contributed by atoms with van der Waals surface area (Å²) in [7, 11) is 0. The van der Waals surface area contributed by atoms with Crippen molar-refractivity contribution in [3.8, 4) is 5.75 Å². The normalized spacial score (nSPS) is 14.9. The van der Waals surface area contributed by atoms with Gasteiger partial charge in [0.15, 0.2) is 0 Å². The number of carbonyl (C=O) groups is 1. The van der Waals surface area contributed by atoms with Crippen LogP contribution in [0.25, 0.3) is 0 Å². The fourth-order valence-electron chi connectivity index (χ4n) is 1.93. The maximum absolute atomic E-state index is 12.6. The van der Waals surface area contributed by atoms with Crippen LogP contribution >= 0.6 is 0 Å². The molecule has 0 amide bonds. The van der Waals surface area contributed by atoms with Crippen LogP contribution in [0.5, 0.6) is 5.75 Å². The van der Waals surface area contributed by atoms with Gasteiger partial charge in [0.05, 0.1) is 12.2 Å². The molecule has 1 aliphatic rings. The highest BCUT2D eigenvalue weighted by Gasteiger charge is 2.26. The second-order valence-electron chi connectivity index (χ2n) is 4.88. The number of Topliss-reactive ketones (excluding diaryl/α,β-unsaturated/α-hetero) is 1. The van der Waals surface area contributed by atoms with Gasteiger partial charge < -0.3 is 4.74 Å². The molecule has 1 aliphatic carbocycles. The van der Waals surface area contributed by atoms with Gasteiger partial charge in [0.2, 0.25) is 5.78 Å². The molecule has 1 fully saturated rings. The molecule has 0 aliphatic heterocycles. The molecule has 18 heavy (non-hydrogen) atoms. The lowest BCUT2D eigenvalue weighted by atomic mass is 10.0. The molecular formula is C14H16F2O2. The van der Waals surface area contributed by atoms with Crippen LogP contribution in [0, 0.1) is 19.8 Å². The molecule has 0 radical (unpaired) electrons. The number of halogens is 2. The summed E-state index contributed by atoms with van der Waals surface area (Å²) in [4.78, 5) is 11.5. The zero-order valence-electron chi connectivity index (χ0n) is 10.5. The van der Waals surface area contributed by atoms with Crippen molar-refractivity contribution >= 4 is 5.78 Å². The topological polar surface area (TPSA) is 26.3 Å². The Morgan fingerprint density at radius 2 is 2.06 bits per heavy atom. The summed E-state index contributed by atoms with van der Waals surface area (Å²) in [6.45, 7) is 4.06. The molecule has 0 saturated heterocycles. The first-order valence-electron chi connectivity index (χ1n) is 6.05. The van der Waals surface area contributed by atoms with Crippen LogP contribution in [0.4, 0.5) is 8.78 Å². The van der Waals surface area contributed by atoms with Crippen molar-refractivity contribution in [3.05, 3.63) is 28.8 Å². The Morgan fingerprint density at radius 3 is 2.61 bits per heavy atom. The van der Waals surface area contributed by atoms with E-state index in [1.807, 2.05) is 6.07 Å². The smallest absolute Gasteiger partial charge is 0.300 e. The molecule has 0 spiro atoms. The molecule has 2 rings (SSSR count). The number of aryl methyl sites for hydroxylation is 2. The van der Waals surface area contributed by atoms with Crippen molar-refractivity contribution in [1.82, 2.24) is 0 Å². The van der Waals surface area contributed by atoms with Crippen molar-refractivity contribution in [2.45, 2.75) is 33.1 Å². The third kappa shape index (κ3) is 2.86. The van der Waals surface area contributed by atoms with E-state index >= 15 is 0 Å². The van der Waals surface area contributed by atoms with Crippen LogP contribution in [0.3, 0.4) is 0 Å². The quantitative estimate of drug-likeness (QED) is 0.751. The molecule has 2 nitrogen and oxygen atoms in total. The highest BCUT2D eigenvalue weighted by Crippen LogP contribution is 2.32. The zero-order chi connectivity index (χ0) is 13.3. The Labute approximate surface area is 105 Å². The monoisotopic (exact) mass is 254 g/mol. The van der Waals surface area contributed by atoms with E-state index in [9.17, 15) is 13.6 Å². The minimum Gasteiger partial charge on any atom is -0.492 e. The zero-order valence-corrected chi connectivity index (χ0v) is 10.5. The summed E-state index contributed by atoms with van der Waals surface area (Å²) >= 11 is 0. The first-order chi connectivity index (χ1) is 8.49. The molecule has 0 unspecified atom stereocenters. The largest absolute Gasteiger partial charge is 0.492 e. The summed E-state index contributed by atoms with van der Waals surface area (Å²) in [6, 6.07) is 3.31. The van der Waals surface area contributed by atoms with Crippen molar-refractivity contribution in [3.63, 3.8) is 0 Å². The third-order valence-electron chi connectivity index (χ3n) is 3.04. The molecule has 4 heteroatoms. The Bertz CT molecular complexity index is 465. The van der Waals surface area contributed by atoms with Crippen LogP contribution < -0.4 is 4.74 Å². The first-order valence-corrected chi connectivity index (χ1v) is 6.05. The number of hydrogen-bond donors (Lipinski definition) is 0. The lowest BCUT2D eigenvalue weighted by molar-refractivity contribution is 0.0674. The fourth-order valence-corrected chi connectivity index (χ4v) is 1.93. The van der Waals surface area contributed by atoms with Gasteiger partial charge in [-0.25, -0.2) is 8.78 Å². The van der Waals surface area contributed by atoms with Crippen LogP contribution in [0.2, 0.25) is 0 Å². The lowest BCUT2D eigenvalue weighted by Crippen LogP contribution is -2.14. The highest BCUT2D eigenvalue weighted by molar-refractivity contribution is 6.01. The fraction of sp³-hybridized carbons (Fsp3) is 0.500. The maximum atomic E-state index is 12.6. The number of ether oxygens (including phenoxy) is 1. The molecule has 0 aromatic heterocycles. The predicted octanol–water partition coefficient (Wildman–Crippen LogP) is 3.54. The summed E-state index contributed by atoms with van der Waals surface area (Å²) in [5.74, 6) is -0.328. The molecular weight excluding hydrogens is 238 g/mol. The van der Waals surface area contributed by atoms with E-state index in [-0.39, 0.29) is 5.56 Å². The van der Waals surface area contributed by atoms with Crippen molar-refractivity contribution < 1.29 is 18.3 Å². The third-order valence-corrected chi connectivity index (χ3v) is 3.04. The van der Waals surface area contributed by atoms with E-state index in [0.717, 1.165) is 24.0 Å². The van der Waals surface area contributed by atoms with E-state index in [2.05, 4.69) is 0 Å². The van der Waals surface area contributed by atoms with E-state index in [1.54, 1.807) is 13.8 Å². The Hall–Kier alpha value is -1.45. The van der Waals surface area contributed by atoms with Gasteiger partial charge in [0.25, 0.3) is 0 Å². The van der Waals surface area contributed by atoms with E-state index < -0.39 is 12.2 Å². The first kappa shape index (κ1) is 13.0. The molecule has 0 N–H and O–H groups in total. The Morgan fingerprint density at radius 1 is 1.39 bits per heavy atom. The van der Waals surface area contributed by atoms with E-state index in [0.29, 0.717) is 18.3 Å². The molecule has 1 aromatic rings. The van der Waals surface area contributed by atoms with Gasteiger partial charge in [-0.1, -0.05) is 6.07 Å². The minimum atomic E-state index is -2.99. The van der Waals surface area contributed by atoms with Crippen LogP contribution in [-0.4, -0.2) is 18.8 Å². The molecule has 0 bridgehead atoms. The Balaban J connectivity index is 2.30. The van der Waals surface area contributed by atoms with Gasteiger partial charge in [-0.3, -0.25) is 4.79 Å². The number of rotatable bonds is 5. The highest BCUT2D eigenvalue weighted by atomic mass is 19.3. The number of hydrogen-bond acceptors (Lipinski definition) is 2. The van der Waals surface area contributed by atoms with Gasteiger partial charge in [0, 0.05) is 0 Å². The van der Waals surface area contributed by atoms with Gasteiger partial charge in [0.1, 0.15) is 5.75 Å². The minimum absolute atomic E-state index is 0.00292. The summed E-state index contributed by atoms with van der Waals surface area (Å²) < 4.78 is 30.7. The number of benzene rings is 1. The van der Waals surface area contributed by atoms with Crippen LogP contribution in [-0.2, 0) is 0 Å². The number of carbonyl (C=O) groups excluding carboxylic acids is 1. The van der Waals surface area contributed by atoms with Gasteiger partial charge in [-0.2, -0.15) is 0 Å². The average molecular weight is 254 g/mol. The van der Waals surface area contributed by atoms with Crippen molar-refractivity contribution in [1.29, 1.82) is 0 Å². The molecule has 0 atom stereocenters.